The Morgan fingerprint density at radius 2 is 2.19 bits per heavy atom. The number of rotatable bonds is 6. The second kappa shape index (κ2) is 7.90. The van der Waals surface area contributed by atoms with Crippen molar-refractivity contribution in [1.29, 1.82) is 0 Å². The van der Waals surface area contributed by atoms with Crippen LogP contribution in [0, 0.1) is 5.92 Å². The zero-order valence-corrected chi connectivity index (χ0v) is 14.2. The summed E-state index contributed by atoms with van der Waals surface area (Å²) in [7, 11) is 0. The van der Waals surface area contributed by atoms with Crippen LogP contribution in [0.1, 0.15) is 58.6 Å². The van der Waals surface area contributed by atoms with E-state index in [4.69, 9.17) is 0 Å². The van der Waals surface area contributed by atoms with E-state index in [0.29, 0.717) is 12.6 Å². The number of nitrogens with one attached hydrogen (secondary N) is 1. The molecule has 21 heavy (non-hydrogen) atoms. The highest BCUT2D eigenvalue weighted by molar-refractivity contribution is 7.14. The first kappa shape index (κ1) is 16.4. The molecule has 4 nitrogen and oxygen atoms in total. The number of anilines is 1. The molecule has 1 atom stereocenters. The highest BCUT2D eigenvalue weighted by atomic mass is 32.1. The van der Waals surface area contributed by atoms with Crippen molar-refractivity contribution in [3.05, 3.63) is 11.1 Å². The second-order valence-corrected chi connectivity index (χ2v) is 6.79. The fourth-order valence-corrected chi connectivity index (χ4v) is 3.99. The van der Waals surface area contributed by atoms with E-state index < -0.39 is 0 Å². The van der Waals surface area contributed by atoms with Crippen LogP contribution in [0.4, 0.5) is 5.13 Å². The van der Waals surface area contributed by atoms with E-state index in [1.807, 2.05) is 6.92 Å². The minimum absolute atomic E-state index is 0.0573. The molecule has 0 unspecified atom stereocenters. The van der Waals surface area contributed by atoms with Gasteiger partial charge in [0, 0.05) is 31.4 Å². The topological polar surface area (TPSA) is 45.2 Å². The van der Waals surface area contributed by atoms with Gasteiger partial charge in [-0.1, -0.05) is 19.3 Å². The molecule has 1 saturated carbocycles. The van der Waals surface area contributed by atoms with E-state index in [0.717, 1.165) is 23.3 Å². The molecule has 1 heterocycles. The maximum absolute atomic E-state index is 11.5. The monoisotopic (exact) mass is 309 g/mol. The Hall–Kier alpha value is -0.940. The molecule has 1 fully saturated rings. The molecule has 1 amide bonds. The molecule has 1 N–H and O–H groups in total. The summed E-state index contributed by atoms with van der Waals surface area (Å²) in [6.45, 7) is 7.33. The van der Waals surface area contributed by atoms with Crippen LogP contribution in [0.25, 0.3) is 0 Å². The van der Waals surface area contributed by atoms with Crippen molar-refractivity contribution in [1.82, 2.24) is 10.3 Å². The lowest BCUT2D eigenvalue weighted by Gasteiger charge is -2.28. The van der Waals surface area contributed by atoms with Crippen molar-refractivity contribution in [2.24, 2.45) is 5.92 Å². The predicted octanol–water partition coefficient (Wildman–Crippen LogP) is 3.57. The number of hydrogen-bond acceptors (Lipinski definition) is 4. The second-order valence-electron chi connectivity index (χ2n) is 5.95. The molecule has 5 heteroatoms. The Balaban J connectivity index is 1.86. The predicted molar refractivity (Wildman–Crippen MR) is 88.7 cm³/mol. The number of carbonyl (C=O) groups is 1. The number of amides is 1. The molecule has 2 rings (SSSR count). The minimum Gasteiger partial charge on any atom is -0.308 e. The summed E-state index contributed by atoms with van der Waals surface area (Å²) in [4.78, 5) is 17.8. The van der Waals surface area contributed by atoms with Gasteiger partial charge in [-0.25, -0.2) is 4.98 Å². The fourth-order valence-electron chi connectivity index (χ4n) is 3.06. The van der Waals surface area contributed by atoms with Gasteiger partial charge >= 0.3 is 0 Å². The van der Waals surface area contributed by atoms with E-state index in [-0.39, 0.29) is 5.91 Å². The van der Waals surface area contributed by atoms with Gasteiger partial charge in [0.25, 0.3) is 0 Å². The first-order chi connectivity index (χ1) is 10.1. The first-order valence-electron chi connectivity index (χ1n) is 8.07. The van der Waals surface area contributed by atoms with Crippen LogP contribution in [0.3, 0.4) is 0 Å². The molecule has 0 saturated heterocycles. The number of aromatic nitrogens is 1. The molecule has 1 aromatic heterocycles. The Morgan fingerprint density at radius 1 is 1.48 bits per heavy atom. The summed E-state index contributed by atoms with van der Waals surface area (Å²) < 4.78 is 0. The third-order valence-electron chi connectivity index (χ3n) is 4.43. The molecule has 1 aromatic rings. The zero-order valence-electron chi connectivity index (χ0n) is 13.4. The van der Waals surface area contributed by atoms with Gasteiger partial charge in [-0.05, 0) is 32.6 Å². The number of carbonyl (C=O) groups excluding carboxylic acids is 1. The maximum atomic E-state index is 11.5. The molecule has 0 aliphatic heterocycles. The van der Waals surface area contributed by atoms with Gasteiger partial charge in [-0.3, -0.25) is 9.69 Å². The largest absolute Gasteiger partial charge is 0.308 e. The van der Waals surface area contributed by atoms with Crippen molar-refractivity contribution < 1.29 is 4.79 Å². The summed E-state index contributed by atoms with van der Waals surface area (Å²) in [5.41, 5.74) is 1.04. The van der Waals surface area contributed by atoms with E-state index >= 15 is 0 Å². The van der Waals surface area contributed by atoms with Crippen molar-refractivity contribution in [2.45, 2.75) is 65.5 Å². The van der Waals surface area contributed by atoms with E-state index in [1.165, 1.54) is 32.1 Å². The fraction of sp³-hybridized carbons (Fsp3) is 0.750. The summed E-state index contributed by atoms with van der Waals surface area (Å²) in [6.07, 6.45) is 6.86. The van der Waals surface area contributed by atoms with Gasteiger partial charge in [-0.2, -0.15) is 0 Å². The third-order valence-corrected chi connectivity index (χ3v) is 5.34. The molecular weight excluding hydrogens is 282 g/mol. The Morgan fingerprint density at radius 3 is 2.81 bits per heavy atom. The lowest BCUT2D eigenvalue weighted by Crippen LogP contribution is -2.34. The van der Waals surface area contributed by atoms with Gasteiger partial charge in [0.05, 0.1) is 5.69 Å². The third kappa shape index (κ3) is 4.51. The van der Waals surface area contributed by atoms with Gasteiger partial charge in [0.1, 0.15) is 0 Å². The van der Waals surface area contributed by atoms with Crippen molar-refractivity contribution in [3.8, 4) is 0 Å². The van der Waals surface area contributed by atoms with E-state index in [9.17, 15) is 4.79 Å². The van der Waals surface area contributed by atoms with Crippen LogP contribution in [0.15, 0.2) is 5.38 Å². The van der Waals surface area contributed by atoms with Crippen LogP contribution >= 0.6 is 11.3 Å². The Kier molecular flexibility index (Phi) is 6.18. The van der Waals surface area contributed by atoms with Crippen LogP contribution in [0.2, 0.25) is 0 Å². The van der Waals surface area contributed by atoms with E-state index in [1.54, 1.807) is 23.2 Å². The lowest BCUT2D eigenvalue weighted by molar-refractivity contribution is -0.116. The summed E-state index contributed by atoms with van der Waals surface area (Å²) >= 11 is 1.55. The van der Waals surface area contributed by atoms with Crippen LogP contribution in [-0.2, 0) is 11.3 Å². The summed E-state index contributed by atoms with van der Waals surface area (Å²) in [5, 5.41) is 6.48. The molecule has 118 valence electrons. The molecule has 1 aliphatic carbocycles. The molecular formula is C16H27N3OS. The van der Waals surface area contributed by atoms with Crippen molar-refractivity contribution >= 4 is 22.4 Å². The molecule has 0 spiro atoms. The first-order valence-corrected chi connectivity index (χ1v) is 8.95. The Labute approximate surface area is 132 Å². The molecule has 0 radical (unpaired) electrons. The average Bonchev–Trinajstić information content (AvgIpc) is 2.94. The van der Waals surface area contributed by atoms with Gasteiger partial charge < -0.3 is 5.32 Å². The van der Waals surface area contributed by atoms with Gasteiger partial charge in [0.15, 0.2) is 5.13 Å². The molecule has 0 aromatic carbocycles. The SMILES string of the molecule is CCN(C(C)=O)c1nc(CN[C@H](C)C2CCCCC2)cs1. The molecule has 0 bridgehead atoms. The summed E-state index contributed by atoms with van der Waals surface area (Å²) in [6, 6.07) is 0.547. The molecule has 1 aliphatic rings. The highest BCUT2D eigenvalue weighted by Gasteiger charge is 2.20. The van der Waals surface area contributed by atoms with Crippen molar-refractivity contribution in [3.63, 3.8) is 0 Å². The number of thiazole rings is 1. The van der Waals surface area contributed by atoms with Crippen LogP contribution in [0.5, 0.6) is 0 Å². The standard InChI is InChI=1S/C16H27N3OS/c1-4-19(13(3)20)16-18-15(11-21-16)10-17-12(2)14-8-6-5-7-9-14/h11-12,14,17H,4-10H2,1-3H3/t12-/m1/s1. The lowest BCUT2D eigenvalue weighted by atomic mass is 9.84. The highest BCUT2D eigenvalue weighted by Crippen LogP contribution is 2.26. The van der Waals surface area contributed by atoms with Crippen LogP contribution in [-0.4, -0.2) is 23.5 Å². The quantitative estimate of drug-likeness (QED) is 0.873. The normalized spacial score (nSPS) is 17.7. The number of hydrogen-bond donors (Lipinski definition) is 1. The Bertz CT molecular complexity index is 454. The smallest absolute Gasteiger partial charge is 0.225 e. The summed E-state index contributed by atoms with van der Waals surface area (Å²) in [5.74, 6) is 0.864. The van der Waals surface area contributed by atoms with Gasteiger partial charge in [0.2, 0.25) is 5.91 Å². The number of nitrogens with zero attached hydrogens (tertiary/aromatic N) is 2. The maximum Gasteiger partial charge on any atom is 0.225 e. The average molecular weight is 309 g/mol. The minimum atomic E-state index is 0.0573. The zero-order chi connectivity index (χ0) is 15.2. The van der Waals surface area contributed by atoms with E-state index in [2.05, 4.69) is 22.6 Å². The van der Waals surface area contributed by atoms with Gasteiger partial charge in [-0.15, -0.1) is 11.3 Å². The van der Waals surface area contributed by atoms with Crippen molar-refractivity contribution in [2.75, 3.05) is 11.4 Å². The van der Waals surface area contributed by atoms with Crippen LogP contribution < -0.4 is 10.2 Å².